The van der Waals surface area contributed by atoms with Crippen molar-refractivity contribution in [1.82, 2.24) is 10.2 Å². The zero-order valence-electron chi connectivity index (χ0n) is 11.8. The van der Waals surface area contributed by atoms with Crippen molar-refractivity contribution in [3.8, 4) is 0 Å². The Morgan fingerprint density at radius 2 is 1.96 bits per heavy atom. The van der Waals surface area contributed by atoms with Crippen molar-refractivity contribution in [3.05, 3.63) is 35.7 Å². The third-order valence-electron chi connectivity index (χ3n) is 3.17. The average Bonchev–Trinajstić information content (AvgIpc) is 3.24. The number of hydrogen-bond donors (Lipinski definition) is 1. The molecule has 1 heterocycles. The zero-order chi connectivity index (χ0) is 16.4. The smallest absolute Gasteiger partial charge is 0.416 e. The molecule has 23 heavy (non-hydrogen) atoms. The van der Waals surface area contributed by atoms with E-state index in [4.69, 9.17) is 4.42 Å². The molecule has 0 aliphatic heterocycles. The van der Waals surface area contributed by atoms with Crippen LogP contribution in [0.5, 0.6) is 0 Å². The van der Waals surface area contributed by atoms with Gasteiger partial charge in [-0.3, -0.25) is 4.79 Å². The Kier molecular flexibility index (Phi) is 4.29. The minimum absolute atomic E-state index is 0.0350. The molecule has 0 bridgehead atoms. The second-order valence-electron chi connectivity index (χ2n) is 5.09. The van der Waals surface area contributed by atoms with Crippen LogP contribution in [0.4, 0.5) is 18.9 Å². The van der Waals surface area contributed by atoms with Crippen LogP contribution in [0.15, 0.2) is 33.9 Å². The lowest BCUT2D eigenvalue weighted by Gasteiger charge is -2.08. The summed E-state index contributed by atoms with van der Waals surface area (Å²) in [5.74, 6) is 0.613. The van der Waals surface area contributed by atoms with E-state index in [1.165, 1.54) is 12.1 Å². The second-order valence-corrected chi connectivity index (χ2v) is 6.02. The lowest BCUT2D eigenvalue weighted by atomic mass is 10.2. The van der Waals surface area contributed by atoms with Crippen LogP contribution >= 0.6 is 11.8 Å². The lowest BCUT2D eigenvalue weighted by molar-refractivity contribution is -0.137. The number of benzene rings is 1. The number of halogens is 3. The Morgan fingerprint density at radius 1 is 1.26 bits per heavy atom. The fourth-order valence-electron chi connectivity index (χ4n) is 1.84. The fraction of sp³-hybridized carbons (Fsp3) is 0.357. The number of rotatable bonds is 5. The van der Waals surface area contributed by atoms with Gasteiger partial charge in [0.25, 0.3) is 5.22 Å². The predicted molar refractivity (Wildman–Crippen MR) is 77.1 cm³/mol. The molecule has 1 aromatic carbocycles. The maximum Gasteiger partial charge on any atom is 0.416 e. The van der Waals surface area contributed by atoms with E-state index < -0.39 is 11.7 Å². The van der Waals surface area contributed by atoms with Crippen molar-refractivity contribution >= 4 is 23.4 Å². The molecule has 3 rings (SSSR count). The third-order valence-corrected chi connectivity index (χ3v) is 3.99. The minimum atomic E-state index is -4.39. The van der Waals surface area contributed by atoms with E-state index in [1.54, 1.807) is 0 Å². The van der Waals surface area contributed by atoms with Gasteiger partial charge in [-0.15, -0.1) is 10.2 Å². The summed E-state index contributed by atoms with van der Waals surface area (Å²) in [4.78, 5) is 11.8. The summed E-state index contributed by atoms with van der Waals surface area (Å²) >= 11 is 1.09. The third kappa shape index (κ3) is 4.25. The maximum absolute atomic E-state index is 12.4. The van der Waals surface area contributed by atoms with Gasteiger partial charge in [0.1, 0.15) is 0 Å². The first kappa shape index (κ1) is 15.9. The van der Waals surface area contributed by atoms with Crippen molar-refractivity contribution in [2.24, 2.45) is 0 Å². The van der Waals surface area contributed by atoms with Crippen molar-refractivity contribution < 1.29 is 22.4 Å². The molecule has 0 atom stereocenters. The number of hydrogen-bond acceptors (Lipinski definition) is 5. The number of thioether (sulfide) groups is 1. The van der Waals surface area contributed by atoms with Crippen LogP contribution in [0.2, 0.25) is 0 Å². The van der Waals surface area contributed by atoms with Gasteiger partial charge in [-0.25, -0.2) is 0 Å². The van der Waals surface area contributed by atoms with Crippen molar-refractivity contribution in [2.45, 2.75) is 30.2 Å². The molecular formula is C14H12F3N3O2S. The molecule has 1 aliphatic carbocycles. The van der Waals surface area contributed by atoms with Gasteiger partial charge in [-0.05, 0) is 37.1 Å². The molecule has 1 saturated carbocycles. The number of aromatic nitrogens is 2. The van der Waals surface area contributed by atoms with E-state index >= 15 is 0 Å². The van der Waals surface area contributed by atoms with Crippen molar-refractivity contribution in [1.29, 1.82) is 0 Å². The van der Waals surface area contributed by atoms with Crippen LogP contribution in [0, 0.1) is 0 Å². The Bertz CT molecular complexity index is 696. The molecular weight excluding hydrogens is 331 g/mol. The van der Waals surface area contributed by atoms with E-state index in [0.29, 0.717) is 22.7 Å². The van der Waals surface area contributed by atoms with E-state index in [-0.39, 0.29) is 11.7 Å². The van der Waals surface area contributed by atoms with E-state index in [0.717, 1.165) is 36.7 Å². The number of alkyl halides is 3. The fourth-order valence-corrected chi connectivity index (χ4v) is 2.41. The lowest BCUT2D eigenvalue weighted by Crippen LogP contribution is -2.14. The monoisotopic (exact) mass is 343 g/mol. The highest BCUT2D eigenvalue weighted by Crippen LogP contribution is 2.39. The molecule has 1 aromatic heterocycles. The Hall–Kier alpha value is -2.03. The summed E-state index contributed by atoms with van der Waals surface area (Å²) in [5.41, 5.74) is -0.462. The van der Waals surface area contributed by atoms with E-state index in [9.17, 15) is 18.0 Å². The predicted octanol–water partition coefficient (Wildman–Crippen LogP) is 3.70. The molecule has 0 saturated heterocycles. The summed E-state index contributed by atoms with van der Waals surface area (Å²) in [6, 6.07) is 4.26. The molecule has 1 N–H and O–H groups in total. The van der Waals surface area contributed by atoms with Crippen LogP contribution < -0.4 is 5.32 Å². The summed E-state index contributed by atoms with van der Waals surface area (Å²) in [7, 11) is 0. The van der Waals surface area contributed by atoms with Crippen LogP contribution in [0.1, 0.15) is 30.2 Å². The van der Waals surface area contributed by atoms with E-state index in [2.05, 4.69) is 15.5 Å². The molecule has 1 aliphatic rings. The Labute approximate surface area is 133 Å². The molecule has 1 amide bonds. The van der Waals surface area contributed by atoms with Gasteiger partial charge < -0.3 is 9.73 Å². The number of nitrogens with one attached hydrogen (secondary N) is 1. The number of amides is 1. The maximum atomic E-state index is 12.4. The van der Waals surface area contributed by atoms with Gasteiger partial charge in [0, 0.05) is 11.6 Å². The topological polar surface area (TPSA) is 68.0 Å². The van der Waals surface area contributed by atoms with Gasteiger partial charge in [0.05, 0.1) is 11.3 Å². The van der Waals surface area contributed by atoms with Crippen LogP contribution in [-0.4, -0.2) is 21.9 Å². The van der Waals surface area contributed by atoms with Gasteiger partial charge in [-0.1, -0.05) is 11.8 Å². The van der Waals surface area contributed by atoms with Crippen LogP contribution in [0.25, 0.3) is 0 Å². The van der Waals surface area contributed by atoms with Crippen LogP contribution in [-0.2, 0) is 11.0 Å². The van der Waals surface area contributed by atoms with E-state index in [1.807, 2.05) is 0 Å². The highest BCUT2D eigenvalue weighted by atomic mass is 32.2. The van der Waals surface area contributed by atoms with Gasteiger partial charge in [0.15, 0.2) is 0 Å². The van der Waals surface area contributed by atoms with Crippen LogP contribution in [0.3, 0.4) is 0 Å². The molecule has 1 fully saturated rings. The number of nitrogens with zero attached hydrogens (tertiary/aromatic N) is 2. The quantitative estimate of drug-likeness (QED) is 0.839. The number of carbonyl (C=O) groups is 1. The Morgan fingerprint density at radius 3 is 2.57 bits per heavy atom. The first-order valence-electron chi connectivity index (χ1n) is 6.85. The van der Waals surface area contributed by atoms with Gasteiger partial charge >= 0.3 is 6.18 Å². The molecule has 2 aromatic rings. The summed E-state index contributed by atoms with van der Waals surface area (Å²) in [6.07, 6.45) is -2.31. The molecule has 0 spiro atoms. The number of anilines is 1. The Balaban J connectivity index is 1.50. The molecule has 122 valence electrons. The molecule has 9 heteroatoms. The minimum Gasteiger partial charge on any atom is -0.416 e. The van der Waals surface area contributed by atoms with Gasteiger partial charge in [0.2, 0.25) is 11.8 Å². The largest absolute Gasteiger partial charge is 0.416 e. The highest BCUT2D eigenvalue weighted by molar-refractivity contribution is 7.99. The first-order valence-corrected chi connectivity index (χ1v) is 7.84. The molecule has 0 unspecified atom stereocenters. The number of carbonyl (C=O) groups excluding carboxylic acids is 1. The van der Waals surface area contributed by atoms with Crippen molar-refractivity contribution in [3.63, 3.8) is 0 Å². The van der Waals surface area contributed by atoms with Crippen molar-refractivity contribution in [2.75, 3.05) is 11.1 Å². The second kappa shape index (κ2) is 6.23. The SMILES string of the molecule is O=C(CSc1nnc(C2CC2)o1)Nc1ccc(C(F)(F)F)cc1. The highest BCUT2D eigenvalue weighted by Gasteiger charge is 2.30. The first-order chi connectivity index (χ1) is 10.9. The summed E-state index contributed by atoms with van der Waals surface area (Å²) in [6.45, 7) is 0. The normalized spacial score (nSPS) is 14.7. The molecule has 5 nitrogen and oxygen atoms in total. The summed E-state index contributed by atoms with van der Waals surface area (Å²) in [5, 5.41) is 10.6. The molecule has 0 radical (unpaired) electrons. The standard InChI is InChI=1S/C14H12F3N3O2S/c15-14(16,17)9-3-5-10(6-4-9)18-11(21)7-23-13-20-19-12(22-13)8-1-2-8/h3-6,8H,1-2,7H2,(H,18,21). The summed E-state index contributed by atoms with van der Waals surface area (Å²) < 4.78 is 42.7. The zero-order valence-corrected chi connectivity index (χ0v) is 12.6. The van der Waals surface area contributed by atoms with Gasteiger partial charge in [-0.2, -0.15) is 13.2 Å². The average molecular weight is 343 g/mol.